The Balaban J connectivity index is 1.58. The van der Waals surface area contributed by atoms with Gasteiger partial charge in [0.05, 0.1) is 11.1 Å². The minimum atomic E-state index is -4.49. The maximum Gasteiger partial charge on any atom is 0.416 e. The first-order valence-corrected chi connectivity index (χ1v) is 13.0. The molecule has 4 aromatic rings. The lowest BCUT2D eigenvalue weighted by Crippen LogP contribution is -2.11. The van der Waals surface area contributed by atoms with E-state index in [0.29, 0.717) is 24.3 Å². The summed E-state index contributed by atoms with van der Waals surface area (Å²) >= 11 is 0. The predicted molar refractivity (Wildman–Crippen MR) is 151 cm³/mol. The lowest BCUT2D eigenvalue weighted by molar-refractivity contribution is -0.139. The number of rotatable bonds is 11. The van der Waals surface area contributed by atoms with Crippen LogP contribution in [0.1, 0.15) is 33.4 Å². The standard InChI is InChI=1S/C34H28F6O2/c1-3-9-25-19-23(15-17-31(25)41-21-27-11-5-7-13-29(27)33(35,36)37)24-16-18-32(26(20-24)10-4-2)42-22-28-12-6-8-14-30(28)34(38,39)40/h3-8,11-20H,1-2,9-10,21-22H2. The smallest absolute Gasteiger partial charge is 0.416 e. The zero-order valence-corrected chi connectivity index (χ0v) is 22.6. The molecule has 0 bridgehead atoms. The second kappa shape index (κ2) is 13.0. The predicted octanol–water partition coefficient (Wildman–Crippen LogP) is 10.0. The third-order valence-electron chi connectivity index (χ3n) is 6.59. The van der Waals surface area contributed by atoms with Crippen LogP contribution >= 0.6 is 0 Å². The Morgan fingerprint density at radius 2 is 0.905 bits per heavy atom. The molecule has 0 aliphatic heterocycles. The highest BCUT2D eigenvalue weighted by atomic mass is 19.4. The normalized spacial score (nSPS) is 11.7. The van der Waals surface area contributed by atoms with Crippen LogP contribution in [0.25, 0.3) is 11.1 Å². The molecule has 0 aliphatic carbocycles. The second-order valence-electron chi connectivity index (χ2n) is 9.52. The summed E-state index contributed by atoms with van der Waals surface area (Å²) in [6.07, 6.45) is -4.79. The van der Waals surface area contributed by atoms with Crippen LogP contribution in [0.5, 0.6) is 11.5 Å². The molecule has 4 aromatic carbocycles. The summed E-state index contributed by atoms with van der Waals surface area (Å²) in [4.78, 5) is 0. The summed E-state index contributed by atoms with van der Waals surface area (Å²) in [6, 6.07) is 21.3. The number of alkyl halides is 6. The van der Waals surface area contributed by atoms with Gasteiger partial charge < -0.3 is 9.47 Å². The fraction of sp³-hybridized carbons (Fsp3) is 0.176. The third kappa shape index (κ3) is 7.43. The van der Waals surface area contributed by atoms with Crippen molar-refractivity contribution >= 4 is 0 Å². The van der Waals surface area contributed by atoms with Crippen molar-refractivity contribution in [3.05, 3.63) is 144 Å². The topological polar surface area (TPSA) is 18.5 Å². The van der Waals surface area contributed by atoms with Gasteiger partial charge in [-0.2, -0.15) is 26.3 Å². The van der Waals surface area contributed by atoms with Crippen molar-refractivity contribution in [2.45, 2.75) is 38.4 Å². The van der Waals surface area contributed by atoms with Crippen LogP contribution in [0.15, 0.2) is 110 Å². The van der Waals surface area contributed by atoms with Crippen molar-refractivity contribution in [1.82, 2.24) is 0 Å². The summed E-state index contributed by atoms with van der Waals surface area (Å²) < 4.78 is 92.1. The molecule has 8 heteroatoms. The Kier molecular flexibility index (Phi) is 9.45. The molecule has 0 fully saturated rings. The quantitative estimate of drug-likeness (QED) is 0.129. The van der Waals surface area contributed by atoms with Crippen LogP contribution in [0, 0.1) is 0 Å². The SMILES string of the molecule is C=CCc1cc(-c2ccc(OCc3ccccc3C(F)(F)F)c(CC=C)c2)ccc1OCc1ccccc1C(F)(F)F. The molecule has 0 saturated carbocycles. The first-order valence-electron chi connectivity index (χ1n) is 13.0. The van der Waals surface area contributed by atoms with E-state index in [9.17, 15) is 26.3 Å². The fourth-order valence-electron chi connectivity index (χ4n) is 4.59. The van der Waals surface area contributed by atoms with Gasteiger partial charge >= 0.3 is 12.4 Å². The zero-order chi connectivity index (χ0) is 30.3. The van der Waals surface area contributed by atoms with E-state index in [1.807, 2.05) is 12.1 Å². The van der Waals surface area contributed by atoms with Gasteiger partial charge in [0.15, 0.2) is 0 Å². The maximum absolute atomic E-state index is 13.4. The monoisotopic (exact) mass is 582 g/mol. The van der Waals surface area contributed by atoms with Gasteiger partial charge in [0.25, 0.3) is 0 Å². The van der Waals surface area contributed by atoms with Gasteiger partial charge in [-0.3, -0.25) is 0 Å². The highest BCUT2D eigenvalue weighted by Crippen LogP contribution is 2.36. The number of halogens is 6. The minimum absolute atomic E-state index is 0.0288. The Bertz CT molecular complexity index is 1440. The lowest BCUT2D eigenvalue weighted by atomic mass is 9.98. The molecule has 0 saturated heterocycles. The first kappa shape index (κ1) is 30.5. The van der Waals surface area contributed by atoms with Crippen molar-refractivity contribution in [1.29, 1.82) is 0 Å². The van der Waals surface area contributed by atoms with Crippen LogP contribution in [-0.2, 0) is 38.4 Å². The number of allylic oxidation sites excluding steroid dienone is 2. The molecule has 0 atom stereocenters. The van der Waals surface area contributed by atoms with Gasteiger partial charge in [0.1, 0.15) is 24.7 Å². The van der Waals surface area contributed by atoms with Crippen molar-refractivity contribution in [3.63, 3.8) is 0 Å². The average Bonchev–Trinajstić information content (AvgIpc) is 2.95. The summed E-state index contributed by atoms with van der Waals surface area (Å²) in [5.41, 5.74) is 1.67. The maximum atomic E-state index is 13.4. The minimum Gasteiger partial charge on any atom is -0.489 e. The Labute approximate surface area is 240 Å². The second-order valence-corrected chi connectivity index (χ2v) is 9.52. The Morgan fingerprint density at radius 1 is 0.524 bits per heavy atom. The molecule has 0 unspecified atom stereocenters. The molecule has 42 heavy (non-hydrogen) atoms. The van der Waals surface area contributed by atoms with E-state index in [4.69, 9.17) is 9.47 Å². The summed E-state index contributed by atoms with van der Waals surface area (Å²) in [7, 11) is 0. The van der Waals surface area contributed by atoms with Crippen LogP contribution in [0.4, 0.5) is 26.3 Å². The van der Waals surface area contributed by atoms with Gasteiger partial charge in [0.2, 0.25) is 0 Å². The first-order chi connectivity index (χ1) is 20.0. The van der Waals surface area contributed by atoms with Crippen molar-refractivity contribution in [3.8, 4) is 22.6 Å². The van der Waals surface area contributed by atoms with E-state index in [2.05, 4.69) is 13.2 Å². The number of hydrogen-bond acceptors (Lipinski definition) is 2. The van der Waals surface area contributed by atoms with E-state index in [-0.39, 0.29) is 24.3 Å². The van der Waals surface area contributed by atoms with Crippen molar-refractivity contribution in [2.24, 2.45) is 0 Å². The molecule has 0 amide bonds. The fourth-order valence-corrected chi connectivity index (χ4v) is 4.59. The molecular formula is C34H28F6O2. The van der Waals surface area contributed by atoms with Crippen LogP contribution < -0.4 is 9.47 Å². The van der Waals surface area contributed by atoms with Crippen molar-refractivity contribution < 1.29 is 35.8 Å². The highest BCUT2D eigenvalue weighted by molar-refractivity contribution is 5.68. The molecule has 0 N–H and O–H groups in total. The lowest BCUT2D eigenvalue weighted by Gasteiger charge is -2.17. The molecule has 0 aromatic heterocycles. The highest BCUT2D eigenvalue weighted by Gasteiger charge is 2.34. The Hall–Kier alpha value is -4.46. The van der Waals surface area contributed by atoms with E-state index >= 15 is 0 Å². The summed E-state index contributed by atoms with van der Waals surface area (Å²) in [5, 5.41) is 0. The van der Waals surface area contributed by atoms with Crippen LogP contribution in [-0.4, -0.2) is 0 Å². The van der Waals surface area contributed by atoms with Crippen LogP contribution in [0.3, 0.4) is 0 Å². The molecule has 2 nitrogen and oxygen atoms in total. The molecule has 0 radical (unpaired) electrons. The number of ether oxygens (including phenoxy) is 2. The van der Waals surface area contributed by atoms with Gasteiger partial charge in [-0.15, -0.1) is 13.2 Å². The van der Waals surface area contributed by atoms with Gasteiger partial charge in [-0.05, 0) is 71.5 Å². The molecule has 0 heterocycles. The van der Waals surface area contributed by atoms with Crippen LogP contribution in [0.2, 0.25) is 0 Å². The number of hydrogen-bond donors (Lipinski definition) is 0. The summed E-state index contributed by atoms with van der Waals surface area (Å²) in [5.74, 6) is 0.871. The molecular weight excluding hydrogens is 554 g/mol. The molecule has 4 rings (SSSR count). The van der Waals surface area contributed by atoms with E-state index in [0.717, 1.165) is 34.4 Å². The van der Waals surface area contributed by atoms with E-state index in [1.165, 1.54) is 36.4 Å². The van der Waals surface area contributed by atoms with Crippen molar-refractivity contribution in [2.75, 3.05) is 0 Å². The van der Waals surface area contributed by atoms with Gasteiger partial charge in [-0.1, -0.05) is 60.7 Å². The van der Waals surface area contributed by atoms with Gasteiger partial charge in [0, 0.05) is 11.1 Å². The molecule has 0 spiro atoms. The average molecular weight is 583 g/mol. The number of benzene rings is 4. The van der Waals surface area contributed by atoms with E-state index in [1.54, 1.807) is 36.4 Å². The molecule has 0 aliphatic rings. The zero-order valence-electron chi connectivity index (χ0n) is 22.6. The third-order valence-corrected chi connectivity index (χ3v) is 6.59. The molecule has 218 valence electrons. The largest absolute Gasteiger partial charge is 0.489 e. The van der Waals surface area contributed by atoms with Gasteiger partial charge in [-0.25, -0.2) is 0 Å². The Morgan fingerprint density at radius 3 is 1.26 bits per heavy atom. The summed E-state index contributed by atoms with van der Waals surface area (Å²) in [6.45, 7) is 7.04. The van der Waals surface area contributed by atoms with E-state index < -0.39 is 23.5 Å².